The average Bonchev–Trinajstić information content (AvgIpc) is 3.21. The molecule has 0 aliphatic heterocycles. The quantitative estimate of drug-likeness (QED) is 0.861. The van der Waals surface area contributed by atoms with Gasteiger partial charge < -0.3 is 0 Å². The molecule has 4 nitrogen and oxygen atoms in total. The van der Waals surface area contributed by atoms with Crippen molar-refractivity contribution in [2.45, 2.75) is 32.4 Å². The van der Waals surface area contributed by atoms with Crippen molar-refractivity contribution in [3.8, 4) is 0 Å². The van der Waals surface area contributed by atoms with E-state index in [1.54, 1.807) is 24.4 Å². The van der Waals surface area contributed by atoms with Gasteiger partial charge in [-0.25, -0.2) is 4.98 Å². The molecule has 1 fully saturated rings. The van der Waals surface area contributed by atoms with Crippen LogP contribution in [0, 0.1) is 0 Å². The van der Waals surface area contributed by atoms with E-state index in [0.717, 1.165) is 18.8 Å². The van der Waals surface area contributed by atoms with E-state index in [1.165, 1.54) is 17.2 Å². The fourth-order valence-electron chi connectivity index (χ4n) is 2.35. The number of rotatable bonds is 4. The van der Waals surface area contributed by atoms with Gasteiger partial charge in [0.15, 0.2) is 0 Å². The molecule has 0 amide bonds. The van der Waals surface area contributed by atoms with Crippen LogP contribution >= 0.6 is 11.6 Å². The van der Waals surface area contributed by atoms with Gasteiger partial charge in [-0.05, 0) is 31.5 Å². The van der Waals surface area contributed by atoms with Crippen molar-refractivity contribution in [3.63, 3.8) is 0 Å². The van der Waals surface area contributed by atoms with Gasteiger partial charge >= 0.3 is 0 Å². The zero-order valence-electron chi connectivity index (χ0n) is 10.8. The highest BCUT2D eigenvalue weighted by Crippen LogP contribution is 2.27. The molecule has 2 heterocycles. The Bertz CT molecular complexity index is 663. The first-order valence-electron chi connectivity index (χ1n) is 6.59. The number of aromatic nitrogens is 2. The SMILES string of the molecule is CCN(Cc1cc(=O)n2cc(Cl)ccc2n1)C1CC1. The maximum Gasteiger partial charge on any atom is 0.258 e. The van der Waals surface area contributed by atoms with Crippen LogP contribution in [0.15, 0.2) is 29.2 Å². The van der Waals surface area contributed by atoms with E-state index < -0.39 is 0 Å². The van der Waals surface area contributed by atoms with Crippen LogP contribution in [0.1, 0.15) is 25.5 Å². The molecule has 0 N–H and O–H groups in total. The molecule has 19 heavy (non-hydrogen) atoms. The van der Waals surface area contributed by atoms with Crippen molar-refractivity contribution >= 4 is 17.2 Å². The standard InChI is InChI=1S/C14H16ClN3O/c1-2-17(12-4-5-12)9-11-7-14(19)18-8-10(15)3-6-13(18)16-11/h3,6-8,12H,2,4-5,9H2,1H3. The normalized spacial score (nSPS) is 15.3. The number of hydrogen-bond donors (Lipinski definition) is 0. The second-order valence-corrected chi connectivity index (χ2v) is 5.39. The molecule has 1 aliphatic carbocycles. The lowest BCUT2D eigenvalue weighted by atomic mass is 10.3. The summed E-state index contributed by atoms with van der Waals surface area (Å²) in [4.78, 5) is 19.0. The highest BCUT2D eigenvalue weighted by Gasteiger charge is 2.28. The Labute approximate surface area is 116 Å². The van der Waals surface area contributed by atoms with E-state index in [2.05, 4.69) is 16.8 Å². The molecule has 1 aliphatic rings. The van der Waals surface area contributed by atoms with Crippen molar-refractivity contribution in [3.05, 3.63) is 45.5 Å². The molecule has 100 valence electrons. The van der Waals surface area contributed by atoms with Gasteiger partial charge in [0.1, 0.15) is 5.65 Å². The summed E-state index contributed by atoms with van der Waals surface area (Å²) in [6.45, 7) is 3.88. The van der Waals surface area contributed by atoms with E-state index >= 15 is 0 Å². The molecule has 2 aromatic rings. The minimum Gasteiger partial charge on any atom is -0.295 e. The second kappa shape index (κ2) is 4.94. The lowest BCUT2D eigenvalue weighted by molar-refractivity contribution is 0.266. The molecule has 0 spiro atoms. The van der Waals surface area contributed by atoms with E-state index in [1.807, 2.05) is 0 Å². The van der Waals surface area contributed by atoms with E-state index in [-0.39, 0.29) is 5.56 Å². The summed E-state index contributed by atoms with van der Waals surface area (Å²) in [7, 11) is 0. The lowest BCUT2D eigenvalue weighted by Crippen LogP contribution is -2.27. The Hall–Kier alpha value is -1.39. The first-order chi connectivity index (χ1) is 9.17. The average molecular weight is 278 g/mol. The molecule has 3 rings (SSSR count). The summed E-state index contributed by atoms with van der Waals surface area (Å²) in [5.74, 6) is 0. The van der Waals surface area contributed by atoms with Crippen LogP contribution in [0.25, 0.3) is 5.65 Å². The predicted molar refractivity (Wildman–Crippen MR) is 75.6 cm³/mol. The summed E-state index contributed by atoms with van der Waals surface area (Å²) in [5.41, 5.74) is 1.41. The summed E-state index contributed by atoms with van der Waals surface area (Å²) < 4.78 is 1.49. The molecular weight excluding hydrogens is 262 g/mol. The molecule has 0 aromatic carbocycles. The van der Waals surface area contributed by atoms with E-state index in [4.69, 9.17) is 11.6 Å². The van der Waals surface area contributed by atoms with E-state index in [0.29, 0.717) is 16.7 Å². The third kappa shape index (κ3) is 2.65. The number of hydrogen-bond acceptors (Lipinski definition) is 3. The van der Waals surface area contributed by atoms with Crippen molar-refractivity contribution in [2.24, 2.45) is 0 Å². The second-order valence-electron chi connectivity index (χ2n) is 4.96. The van der Waals surface area contributed by atoms with Gasteiger partial charge in [0.2, 0.25) is 0 Å². The van der Waals surface area contributed by atoms with E-state index in [9.17, 15) is 4.79 Å². The molecule has 2 aromatic heterocycles. The molecule has 5 heteroatoms. The minimum atomic E-state index is -0.0747. The van der Waals surface area contributed by atoms with Crippen molar-refractivity contribution in [2.75, 3.05) is 6.54 Å². The van der Waals surface area contributed by atoms with Gasteiger partial charge in [0.25, 0.3) is 5.56 Å². The van der Waals surface area contributed by atoms with Crippen LogP contribution in [0.5, 0.6) is 0 Å². The van der Waals surface area contributed by atoms with Crippen LogP contribution in [-0.2, 0) is 6.54 Å². The summed E-state index contributed by atoms with van der Waals surface area (Å²) in [6, 6.07) is 5.82. The molecule has 1 saturated carbocycles. The zero-order valence-corrected chi connectivity index (χ0v) is 11.6. The monoisotopic (exact) mass is 277 g/mol. The van der Waals surface area contributed by atoms with Crippen molar-refractivity contribution in [1.29, 1.82) is 0 Å². The van der Waals surface area contributed by atoms with Crippen LogP contribution in [0.3, 0.4) is 0 Å². The Morgan fingerprint density at radius 2 is 2.26 bits per heavy atom. The summed E-state index contributed by atoms with van der Waals surface area (Å²) in [6.07, 6.45) is 4.13. The third-order valence-corrected chi connectivity index (χ3v) is 3.73. The molecule has 0 bridgehead atoms. The minimum absolute atomic E-state index is 0.0747. The topological polar surface area (TPSA) is 37.6 Å². The maximum absolute atomic E-state index is 12.1. The maximum atomic E-state index is 12.1. The molecule has 0 radical (unpaired) electrons. The van der Waals surface area contributed by atoms with Crippen molar-refractivity contribution in [1.82, 2.24) is 14.3 Å². The van der Waals surface area contributed by atoms with Crippen LogP contribution in [0.2, 0.25) is 5.02 Å². The van der Waals surface area contributed by atoms with Gasteiger partial charge in [0, 0.05) is 24.8 Å². The smallest absolute Gasteiger partial charge is 0.258 e. The summed E-state index contributed by atoms with van der Waals surface area (Å²) in [5, 5.41) is 0.539. The van der Waals surface area contributed by atoms with Crippen molar-refractivity contribution < 1.29 is 0 Å². The molecular formula is C14H16ClN3O. The first-order valence-corrected chi connectivity index (χ1v) is 6.97. The fraction of sp³-hybridized carbons (Fsp3) is 0.429. The van der Waals surface area contributed by atoms with Crippen LogP contribution < -0.4 is 5.56 Å². The Morgan fingerprint density at radius 1 is 1.47 bits per heavy atom. The van der Waals surface area contributed by atoms with Gasteiger partial charge in [-0.3, -0.25) is 14.1 Å². The largest absolute Gasteiger partial charge is 0.295 e. The Kier molecular flexibility index (Phi) is 3.29. The number of pyridine rings is 1. The van der Waals surface area contributed by atoms with Gasteiger partial charge in [0.05, 0.1) is 10.7 Å². The fourth-order valence-corrected chi connectivity index (χ4v) is 2.51. The highest BCUT2D eigenvalue weighted by atomic mass is 35.5. The van der Waals surface area contributed by atoms with Gasteiger partial charge in [-0.2, -0.15) is 0 Å². The molecule has 0 unspecified atom stereocenters. The molecule has 0 saturated heterocycles. The lowest BCUT2D eigenvalue weighted by Gasteiger charge is -2.19. The third-order valence-electron chi connectivity index (χ3n) is 3.51. The van der Waals surface area contributed by atoms with Gasteiger partial charge in [-0.15, -0.1) is 0 Å². The van der Waals surface area contributed by atoms with Crippen LogP contribution in [0.4, 0.5) is 0 Å². The molecule has 0 atom stereocenters. The van der Waals surface area contributed by atoms with Gasteiger partial charge in [-0.1, -0.05) is 18.5 Å². The zero-order chi connectivity index (χ0) is 13.4. The number of fused-ring (bicyclic) bond motifs is 1. The number of halogens is 1. The summed E-state index contributed by atoms with van der Waals surface area (Å²) >= 11 is 5.89. The Morgan fingerprint density at radius 3 is 2.95 bits per heavy atom. The first kappa shape index (κ1) is 12.6. The Balaban J connectivity index is 1.96. The number of nitrogens with zero attached hydrogens (tertiary/aromatic N) is 3. The predicted octanol–water partition coefficient (Wildman–Crippen LogP) is 2.33. The van der Waals surface area contributed by atoms with Crippen LogP contribution in [-0.4, -0.2) is 26.9 Å². The highest BCUT2D eigenvalue weighted by molar-refractivity contribution is 6.30.